The monoisotopic (exact) mass is 302 g/mol. The molecule has 0 unspecified atom stereocenters. The van der Waals surface area contributed by atoms with Gasteiger partial charge >= 0.3 is 0 Å². The molecule has 0 aliphatic heterocycles. The molecule has 116 valence electrons. The lowest BCUT2D eigenvalue weighted by atomic mass is 10.1. The van der Waals surface area contributed by atoms with Gasteiger partial charge in [0.15, 0.2) is 8.07 Å². The van der Waals surface area contributed by atoms with Gasteiger partial charge in [0.05, 0.1) is 0 Å². The summed E-state index contributed by atoms with van der Waals surface area (Å²) in [5, 5.41) is 0. The van der Waals surface area contributed by atoms with Gasteiger partial charge in [-0.15, -0.1) is 0 Å². The summed E-state index contributed by atoms with van der Waals surface area (Å²) in [4.78, 5) is 0. The minimum absolute atomic E-state index is 0.631. The summed E-state index contributed by atoms with van der Waals surface area (Å²) in [6.07, 6.45) is 3.08. The van der Waals surface area contributed by atoms with Crippen LogP contribution < -0.4 is 4.74 Å². The molecule has 0 aliphatic rings. The Kier molecular flexibility index (Phi) is 6.10. The Labute approximate surface area is 132 Å². The predicted molar refractivity (Wildman–Crippen MR) is 95.4 cm³/mol. The number of rotatable bonds is 4. The normalized spacial score (nSPS) is 11.8. The molecule has 0 aromatic heterocycles. The molecule has 0 heterocycles. The van der Waals surface area contributed by atoms with Crippen LogP contribution in [0.4, 0.5) is 0 Å². The molecule has 1 nitrogen and oxygen atoms in total. The highest BCUT2D eigenvalue weighted by atomic mass is 28.3. The summed E-state index contributed by atoms with van der Waals surface area (Å²) in [7, 11) is -1.70. The van der Waals surface area contributed by atoms with Crippen molar-refractivity contribution in [3.8, 4) is 17.4 Å². The summed E-state index contributed by atoms with van der Waals surface area (Å²) in [6.45, 7) is 18.1. The van der Waals surface area contributed by atoms with Crippen molar-refractivity contribution in [2.24, 2.45) is 0 Å². The van der Waals surface area contributed by atoms with Gasteiger partial charge in [0, 0.05) is 0 Å². The first-order valence-electron chi connectivity index (χ1n) is 7.98. The first-order valence-corrected chi connectivity index (χ1v) is 10.2. The second kappa shape index (κ2) is 7.18. The number of hydrogen-bond acceptors (Lipinski definition) is 1. The van der Waals surface area contributed by atoms with E-state index in [9.17, 15) is 0 Å². The average molecular weight is 303 g/mol. The molecule has 0 bridgehead atoms. The van der Waals surface area contributed by atoms with Gasteiger partial charge in [-0.3, -0.25) is 0 Å². The van der Waals surface area contributed by atoms with Gasteiger partial charge in [-0.25, -0.2) is 0 Å². The Balaban J connectivity index is 3.13. The van der Waals surface area contributed by atoms with Crippen molar-refractivity contribution in [3.05, 3.63) is 29.3 Å². The lowest BCUT2D eigenvalue weighted by Crippen LogP contribution is -2.43. The second-order valence-electron chi connectivity index (χ2n) is 6.95. The van der Waals surface area contributed by atoms with E-state index in [4.69, 9.17) is 4.74 Å². The highest BCUT2D eigenvalue weighted by molar-refractivity contribution is 6.90. The molecule has 0 radical (unpaired) electrons. The Morgan fingerprint density at radius 3 is 1.67 bits per heavy atom. The zero-order valence-electron chi connectivity index (χ0n) is 14.9. The van der Waals surface area contributed by atoms with E-state index in [1.807, 2.05) is 0 Å². The summed E-state index contributed by atoms with van der Waals surface area (Å²) in [6, 6.07) is 6.20. The van der Waals surface area contributed by atoms with Crippen LogP contribution >= 0.6 is 0 Å². The summed E-state index contributed by atoms with van der Waals surface area (Å²) in [5.74, 6) is 0.921. The van der Waals surface area contributed by atoms with Crippen LogP contribution in [-0.2, 0) is 0 Å². The summed E-state index contributed by atoms with van der Waals surface area (Å²) >= 11 is 0. The van der Waals surface area contributed by atoms with Crippen LogP contribution in [0.15, 0.2) is 18.2 Å². The van der Waals surface area contributed by atoms with E-state index in [1.165, 1.54) is 0 Å². The zero-order chi connectivity index (χ0) is 16.2. The van der Waals surface area contributed by atoms with Crippen LogP contribution in [0.25, 0.3) is 0 Å². The number of para-hydroxylation sites is 1. The average Bonchev–Trinajstić information content (AvgIpc) is 2.36. The van der Waals surface area contributed by atoms with Crippen molar-refractivity contribution in [2.45, 2.75) is 72.0 Å². The molecule has 1 rings (SSSR count). The van der Waals surface area contributed by atoms with Gasteiger partial charge in [-0.05, 0) is 41.6 Å². The minimum atomic E-state index is -1.70. The fourth-order valence-electron chi connectivity index (χ4n) is 3.56. The van der Waals surface area contributed by atoms with Crippen LogP contribution in [0, 0.1) is 25.5 Å². The molecule has 1 aromatic carbocycles. The van der Waals surface area contributed by atoms with E-state index in [2.05, 4.69) is 85.2 Å². The van der Waals surface area contributed by atoms with Crippen molar-refractivity contribution >= 4 is 8.07 Å². The Morgan fingerprint density at radius 1 is 0.857 bits per heavy atom. The Bertz CT molecular complexity index is 490. The Hall–Kier alpha value is -1.20. The quantitative estimate of drug-likeness (QED) is 0.500. The third-order valence-corrected chi connectivity index (χ3v) is 11.0. The highest BCUT2D eigenvalue weighted by Gasteiger charge is 2.42. The largest absolute Gasteiger partial charge is 0.408 e. The van der Waals surface area contributed by atoms with Gasteiger partial charge < -0.3 is 4.74 Å². The topological polar surface area (TPSA) is 9.23 Å². The van der Waals surface area contributed by atoms with E-state index in [0.29, 0.717) is 16.6 Å². The van der Waals surface area contributed by atoms with Crippen molar-refractivity contribution in [3.63, 3.8) is 0 Å². The summed E-state index contributed by atoms with van der Waals surface area (Å²) < 4.78 is 5.85. The van der Waals surface area contributed by atoms with Crippen molar-refractivity contribution < 1.29 is 4.74 Å². The molecule has 0 amide bonds. The minimum Gasteiger partial charge on any atom is -0.408 e. The molecule has 0 saturated carbocycles. The van der Waals surface area contributed by atoms with Crippen LogP contribution in [-0.4, -0.2) is 8.07 Å². The van der Waals surface area contributed by atoms with E-state index in [-0.39, 0.29) is 0 Å². The number of ether oxygens (including phenoxy) is 1. The molecular formula is C19H30OSi. The molecule has 0 aliphatic carbocycles. The van der Waals surface area contributed by atoms with Crippen LogP contribution in [0.5, 0.6) is 5.75 Å². The number of aryl methyl sites for hydroxylation is 2. The first-order chi connectivity index (χ1) is 9.73. The molecule has 1 aromatic rings. The maximum absolute atomic E-state index is 5.85. The van der Waals surface area contributed by atoms with E-state index in [1.54, 1.807) is 0 Å². The second-order valence-corrected chi connectivity index (χ2v) is 12.5. The SMILES string of the molecule is Cc1cccc(C)c1OC#C[Si](C(C)C)(C(C)C)C(C)C. The molecule has 0 N–H and O–H groups in total. The van der Waals surface area contributed by atoms with Crippen molar-refractivity contribution in [2.75, 3.05) is 0 Å². The summed E-state index contributed by atoms with van der Waals surface area (Å²) in [5.41, 5.74) is 7.79. The van der Waals surface area contributed by atoms with Gasteiger partial charge in [-0.1, -0.05) is 65.3 Å². The highest BCUT2D eigenvalue weighted by Crippen LogP contribution is 2.40. The van der Waals surface area contributed by atoms with Crippen LogP contribution in [0.3, 0.4) is 0 Å². The molecule has 0 atom stereocenters. The molecule has 21 heavy (non-hydrogen) atoms. The molecule has 0 saturated heterocycles. The maximum atomic E-state index is 5.85. The van der Waals surface area contributed by atoms with Gasteiger partial charge in [-0.2, -0.15) is 0 Å². The third-order valence-electron chi connectivity index (χ3n) is 4.70. The Morgan fingerprint density at radius 2 is 1.29 bits per heavy atom. The van der Waals surface area contributed by atoms with Crippen LogP contribution in [0.2, 0.25) is 16.6 Å². The molecular weight excluding hydrogens is 272 g/mol. The molecule has 0 spiro atoms. The van der Waals surface area contributed by atoms with E-state index in [0.717, 1.165) is 16.9 Å². The van der Waals surface area contributed by atoms with E-state index < -0.39 is 8.07 Å². The van der Waals surface area contributed by atoms with Crippen LogP contribution in [0.1, 0.15) is 52.7 Å². The first kappa shape index (κ1) is 17.8. The van der Waals surface area contributed by atoms with Crippen molar-refractivity contribution in [1.82, 2.24) is 0 Å². The molecule has 2 heteroatoms. The fourth-order valence-corrected chi connectivity index (χ4v) is 8.65. The number of hydrogen-bond donors (Lipinski definition) is 0. The third kappa shape index (κ3) is 3.71. The smallest absolute Gasteiger partial charge is 0.150 e. The van der Waals surface area contributed by atoms with Gasteiger partial charge in [0.25, 0.3) is 0 Å². The number of benzene rings is 1. The standard InChI is InChI=1S/C19H30OSi/c1-14(2)21(15(3)4,16(5)6)13-12-20-19-17(7)10-9-11-18(19)8/h9-11,14-16H,1-8H3. The van der Waals surface area contributed by atoms with E-state index >= 15 is 0 Å². The van der Waals surface area contributed by atoms with Gasteiger partial charge in [0.1, 0.15) is 11.9 Å². The van der Waals surface area contributed by atoms with Gasteiger partial charge in [0.2, 0.25) is 0 Å². The fraction of sp³-hybridized carbons (Fsp3) is 0.579. The predicted octanol–water partition coefficient (Wildman–Crippen LogP) is 5.86. The zero-order valence-corrected chi connectivity index (χ0v) is 15.9. The maximum Gasteiger partial charge on any atom is 0.150 e. The lowest BCUT2D eigenvalue weighted by Gasteiger charge is -2.37. The molecule has 0 fully saturated rings. The lowest BCUT2D eigenvalue weighted by molar-refractivity contribution is 0.511. The van der Waals surface area contributed by atoms with Crippen molar-refractivity contribution in [1.29, 1.82) is 0 Å².